The maximum atomic E-state index is 2.54. The standard InChI is InChI=1S/C25H52/c1-12-19(7)23(13-2)22(10)16-20(8)21(9)17-24(18(5)6)25(11,14-3)15-4/h18-24H,12-17H2,1-11H3. The smallest absolute Gasteiger partial charge is 0.0300 e. The summed E-state index contributed by atoms with van der Waals surface area (Å²) in [5, 5.41) is 0. The lowest BCUT2D eigenvalue weighted by molar-refractivity contribution is 0.0811. The first-order chi connectivity index (χ1) is 11.6. The fourth-order valence-corrected chi connectivity index (χ4v) is 5.43. The van der Waals surface area contributed by atoms with Crippen molar-refractivity contribution in [2.45, 2.75) is 115 Å². The van der Waals surface area contributed by atoms with E-state index in [1.165, 1.54) is 38.5 Å². The fourth-order valence-electron chi connectivity index (χ4n) is 5.43. The van der Waals surface area contributed by atoms with Crippen molar-refractivity contribution in [1.82, 2.24) is 0 Å². The predicted octanol–water partition coefficient (Wildman–Crippen LogP) is 8.85. The van der Waals surface area contributed by atoms with Gasteiger partial charge in [-0.2, -0.15) is 0 Å². The molecule has 0 aliphatic rings. The SMILES string of the molecule is CCC(C)C(CC)C(C)CC(C)C(C)CC(C(C)C)C(C)(CC)CC. The summed E-state index contributed by atoms with van der Waals surface area (Å²) in [6.07, 6.45) is 8.11. The molecule has 0 aromatic carbocycles. The molecular weight excluding hydrogens is 300 g/mol. The van der Waals surface area contributed by atoms with E-state index in [1.807, 2.05) is 0 Å². The molecule has 0 saturated heterocycles. The Morgan fingerprint density at radius 3 is 1.44 bits per heavy atom. The van der Waals surface area contributed by atoms with Gasteiger partial charge in [-0.15, -0.1) is 0 Å². The Hall–Kier alpha value is 0. The van der Waals surface area contributed by atoms with E-state index in [1.54, 1.807) is 0 Å². The summed E-state index contributed by atoms with van der Waals surface area (Å²) < 4.78 is 0. The van der Waals surface area contributed by atoms with Gasteiger partial charge in [0.2, 0.25) is 0 Å². The second-order valence-electron chi connectivity index (χ2n) is 10.1. The number of rotatable bonds is 13. The largest absolute Gasteiger partial charge is 0.0651 e. The zero-order chi connectivity index (χ0) is 19.8. The van der Waals surface area contributed by atoms with Crippen molar-refractivity contribution in [3.8, 4) is 0 Å². The van der Waals surface area contributed by atoms with Crippen molar-refractivity contribution < 1.29 is 0 Å². The van der Waals surface area contributed by atoms with Gasteiger partial charge < -0.3 is 0 Å². The van der Waals surface area contributed by atoms with E-state index in [0.29, 0.717) is 5.41 Å². The lowest BCUT2D eigenvalue weighted by Crippen LogP contribution is -2.33. The van der Waals surface area contributed by atoms with Crippen LogP contribution in [0.15, 0.2) is 0 Å². The molecule has 0 aromatic rings. The molecule has 0 rings (SSSR count). The average Bonchev–Trinajstić information content (AvgIpc) is 2.58. The van der Waals surface area contributed by atoms with Crippen LogP contribution in [0.2, 0.25) is 0 Å². The molecular formula is C25H52. The summed E-state index contributed by atoms with van der Waals surface area (Å²) >= 11 is 0. The van der Waals surface area contributed by atoms with E-state index < -0.39 is 0 Å². The van der Waals surface area contributed by atoms with Gasteiger partial charge in [0.05, 0.1) is 0 Å². The summed E-state index contributed by atoms with van der Waals surface area (Å²) in [7, 11) is 0. The Morgan fingerprint density at radius 2 is 1.08 bits per heavy atom. The molecule has 0 radical (unpaired) electrons. The summed E-state index contributed by atoms with van der Waals surface area (Å²) in [6, 6.07) is 0. The molecule has 25 heavy (non-hydrogen) atoms. The van der Waals surface area contributed by atoms with Crippen molar-refractivity contribution in [2.24, 2.45) is 46.8 Å². The molecule has 0 aliphatic heterocycles. The summed E-state index contributed by atoms with van der Waals surface area (Å²) in [4.78, 5) is 0. The van der Waals surface area contributed by atoms with Crippen LogP contribution >= 0.6 is 0 Å². The van der Waals surface area contributed by atoms with Crippen LogP contribution in [-0.2, 0) is 0 Å². The minimum atomic E-state index is 0.510. The van der Waals surface area contributed by atoms with Gasteiger partial charge in [0.25, 0.3) is 0 Å². The zero-order valence-corrected chi connectivity index (χ0v) is 19.8. The number of hydrogen-bond donors (Lipinski definition) is 0. The topological polar surface area (TPSA) is 0 Å². The average molecular weight is 353 g/mol. The summed E-state index contributed by atoms with van der Waals surface area (Å²) in [5.41, 5.74) is 0.510. The third kappa shape index (κ3) is 7.26. The van der Waals surface area contributed by atoms with Crippen LogP contribution in [0.1, 0.15) is 115 Å². The highest BCUT2D eigenvalue weighted by Gasteiger charge is 2.35. The van der Waals surface area contributed by atoms with E-state index in [2.05, 4.69) is 76.2 Å². The third-order valence-electron chi connectivity index (χ3n) is 8.23. The Balaban J connectivity index is 4.94. The Kier molecular flexibility index (Phi) is 11.7. The summed E-state index contributed by atoms with van der Waals surface area (Å²) in [5.74, 6) is 5.95. The van der Waals surface area contributed by atoms with E-state index in [-0.39, 0.29) is 0 Å². The van der Waals surface area contributed by atoms with Gasteiger partial charge in [-0.3, -0.25) is 0 Å². The van der Waals surface area contributed by atoms with Gasteiger partial charge in [-0.1, -0.05) is 102 Å². The van der Waals surface area contributed by atoms with Crippen LogP contribution in [0.4, 0.5) is 0 Å². The van der Waals surface area contributed by atoms with Gasteiger partial charge in [-0.25, -0.2) is 0 Å². The van der Waals surface area contributed by atoms with Gasteiger partial charge in [0.15, 0.2) is 0 Å². The number of hydrogen-bond acceptors (Lipinski definition) is 0. The molecule has 0 nitrogen and oxygen atoms in total. The monoisotopic (exact) mass is 352 g/mol. The predicted molar refractivity (Wildman–Crippen MR) is 117 cm³/mol. The molecule has 0 N–H and O–H groups in total. The van der Waals surface area contributed by atoms with Gasteiger partial charge in [0.1, 0.15) is 0 Å². The Labute approximate surface area is 161 Å². The van der Waals surface area contributed by atoms with Gasteiger partial charge >= 0.3 is 0 Å². The minimum absolute atomic E-state index is 0.510. The lowest BCUT2D eigenvalue weighted by Gasteiger charge is -2.42. The maximum Gasteiger partial charge on any atom is -0.0300 e. The highest BCUT2D eigenvalue weighted by Crippen LogP contribution is 2.44. The molecule has 0 saturated carbocycles. The molecule has 6 atom stereocenters. The van der Waals surface area contributed by atoms with Crippen LogP contribution in [0.5, 0.6) is 0 Å². The molecule has 0 aliphatic carbocycles. The van der Waals surface area contributed by atoms with Crippen molar-refractivity contribution in [3.05, 3.63) is 0 Å². The second-order valence-corrected chi connectivity index (χ2v) is 10.1. The molecule has 152 valence electrons. The normalized spacial score (nSPS) is 20.2. The summed E-state index contributed by atoms with van der Waals surface area (Å²) in [6.45, 7) is 27.0. The van der Waals surface area contributed by atoms with Crippen LogP contribution < -0.4 is 0 Å². The van der Waals surface area contributed by atoms with E-state index >= 15 is 0 Å². The van der Waals surface area contributed by atoms with Gasteiger partial charge in [0, 0.05) is 0 Å². The van der Waals surface area contributed by atoms with Crippen molar-refractivity contribution in [2.75, 3.05) is 0 Å². The van der Waals surface area contributed by atoms with E-state index in [4.69, 9.17) is 0 Å². The molecule has 6 unspecified atom stereocenters. The Morgan fingerprint density at radius 1 is 0.600 bits per heavy atom. The van der Waals surface area contributed by atoms with Crippen LogP contribution in [0, 0.1) is 46.8 Å². The van der Waals surface area contributed by atoms with Crippen molar-refractivity contribution in [3.63, 3.8) is 0 Å². The molecule has 0 amide bonds. The Bertz CT molecular complexity index is 325. The zero-order valence-electron chi connectivity index (χ0n) is 19.8. The van der Waals surface area contributed by atoms with Crippen LogP contribution in [0.3, 0.4) is 0 Å². The van der Waals surface area contributed by atoms with E-state index in [0.717, 1.165) is 41.4 Å². The minimum Gasteiger partial charge on any atom is -0.0651 e. The lowest BCUT2D eigenvalue weighted by atomic mass is 9.64. The molecule has 0 bridgehead atoms. The highest BCUT2D eigenvalue weighted by atomic mass is 14.4. The van der Waals surface area contributed by atoms with Gasteiger partial charge in [-0.05, 0) is 59.7 Å². The van der Waals surface area contributed by atoms with Crippen LogP contribution in [0.25, 0.3) is 0 Å². The molecule has 0 aromatic heterocycles. The fraction of sp³-hybridized carbons (Fsp3) is 1.00. The van der Waals surface area contributed by atoms with Crippen LogP contribution in [-0.4, -0.2) is 0 Å². The quantitative estimate of drug-likeness (QED) is 0.310. The molecule has 0 heteroatoms. The second kappa shape index (κ2) is 11.7. The molecule has 0 fully saturated rings. The van der Waals surface area contributed by atoms with E-state index in [9.17, 15) is 0 Å². The van der Waals surface area contributed by atoms with Crippen molar-refractivity contribution >= 4 is 0 Å². The first-order valence-corrected chi connectivity index (χ1v) is 11.6. The molecule has 0 heterocycles. The van der Waals surface area contributed by atoms with Crippen molar-refractivity contribution in [1.29, 1.82) is 0 Å². The first-order valence-electron chi connectivity index (χ1n) is 11.6. The maximum absolute atomic E-state index is 2.54. The molecule has 0 spiro atoms. The third-order valence-corrected chi connectivity index (χ3v) is 8.23. The highest BCUT2D eigenvalue weighted by molar-refractivity contribution is 4.85. The first kappa shape index (κ1) is 25.0.